The summed E-state index contributed by atoms with van der Waals surface area (Å²) < 4.78 is 5.21. The molecule has 0 bridgehead atoms. The zero-order valence-electron chi connectivity index (χ0n) is 18.3. The van der Waals surface area contributed by atoms with E-state index in [9.17, 15) is 9.59 Å². The van der Waals surface area contributed by atoms with Crippen LogP contribution in [0.25, 0.3) is 11.1 Å². The van der Waals surface area contributed by atoms with Crippen molar-refractivity contribution in [3.8, 4) is 11.1 Å². The van der Waals surface area contributed by atoms with Gasteiger partial charge < -0.3 is 10.1 Å². The van der Waals surface area contributed by atoms with Crippen molar-refractivity contribution in [2.24, 2.45) is 0 Å². The molecule has 0 aromatic heterocycles. The number of hydrogen-bond acceptors (Lipinski definition) is 3. The number of rotatable bonds is 7. The summed E-state index contributed by atoms with van der Waals surface area (Å²) in [5, 5.41) is 3.28. The Labute approximate surface area is 179 Å². The van der Waals surface area contributed by atoms with Crippen molar-refractivity contribution in [2.75, 3.05) is 6.54 Å². The van der Waals surface area contributed by atoms with Crippen molar-refractivity contribution in [3.63, 3.8) is 0 Å². The first-order valence-electron chi connectivity index (χ1n) is 9.95. The first kappa shape index (κ1) is 24.7. The molecule has 0 fully saturated rings. The molecule has 2 aromatic rings. The second-order valence-electron chi connectivity index (χ2n) is 7.49. The summed E-state index contributed by atoms with van der Waals surface area (Å²) in [7, 11) is 0. The highest BCUT2D eigenvalue weighted by molar-refractivity contribution is 6.31. The van der Waals surface area contributed by atoms with E-state index >= 15 is 0 Å². The first-order valence-corrected chi connectivity index (χ1v) is 10.3. The normalized spacial score (nSPS) is 10.6. The summed E-state index contributed by atoms with van der Waals surface area (Å²) in [6, 6.07) is 12.0. The van der Waals surface area contributed by atoms with Crippen molar-refractivity contribution < 1.29 is 14.3 Å². The molecule has 0 unspecified atom stereocenters. The molecule has 0 aliphatic rings. The number of nitrogens with one attached hydrogen (secondary N) is 1. The smallest absolute Gasteiger partial charge is 0.302 e. The molecule has 0 saturated carbocycles. The fourth-order valence-electron chi connectivity index (χ4n) is 2.93. The Morgan fingerprint density at radius 1 is 1.14 bits per heavy atom. The number of ether oxygens (including phenoxy) is 1. The standard InChI is InChI=1S/C22H26ClNO3.C2H6/c1-15(26)27-13-20-19(6-5-7-21(20)23)18-9-8-17(22(2,3)4)12-16(18)10-11-24-14-25;1-2/h5-9,12,14H,10-11,13H2,1-4H3,(H,24,25);1-2H3. The van der Waals surface area contributed by atoms with Gasteiger partial charge in [0.25, 0.3) is 0 Å². The summed E-state index contributed by atoms with van der Waals surface area (Å²) in [4.78, 5) is 21.9. The SMILES string of the molecule is CC.CC(=O)OCc1c(Cl)cccc1-c1ccc(C(C)(C)C)cc1CCNC=O. The third-order valence-electron chi connectivity index (χ3n) is 4.42. The van der Waals surface area contributed by atoms with Crippen LogP contribution in [0.3, 0.4) is 0 Å². The van der Waals surface area contributed by atoms with Gasteiger partial charge in [0.1, 0.15) is 6.61 Å². The predicted molar refractivity (Wildman–Crippen MR) is 120 cm³/mol. The minimum Gasteiger partial charge on any atom is -0.461 e. The van der Waals surface area contributed by atoms with Gasteiger partial charge in [0.2, 0.25) is 6.41 Å². The van der Waals surface area contributed by atoms with E-state index in [1.54, 1.807) is 6.07 Å². The van der Waals surface area contributed by atoms with Gasteiger partial charge in [-0.25, -0.2) is 0 Å². The highest BCUT2D eigenvalue weighted by atomic mass is 35.5. The van der Waals surface area contributed by atoms with Crippen LogP contribution in [0.1, 0.15) is 58.2 Å². The van der Waals surface area contributed by atoms with Gasteiger partial charge in [-0.2, -0.15) is 0 Å². The first-order chi connectivity index (χ1) is 13.7. The molecule has 0 heterocycles. The molecule has 29 heavy (non-hydrogen) atoms. The highest BCUT2D eigenvalue weighted by Gasteiger charge is 2.18. The highest BCUT2D eigenvalue weighted by Crippen LogP contribution is 2.35. The van der Waals surface area contributed by atoms with Crippen molar-refractivity contribution in [3.05, 3.63) is 58.1 Å². The minimum absolute atomic E-state index is 0.0142. The van der Waals surface area contributed by atoms with Crippen molar-refractivity contribution >= 4 is 24.0 Å². The van der Waals surface area contributed by atoms with Gasteiger partial charge in [-0.05, 0) is 40.2 Å². The molecule has 0 saturated heterocycles. The van der Waals surface area contributed by atoms with Gasteiger partial charge in [-0.1, -0.05) is 76.6 Å². The van der Waals surface area contributed by atoms with Crippen molar-refractivity contribution in [1.29, 1.82) is 0 Å². The minimum atomic E-state index is -0.348. The molecule has 0 radical (unpaired) electrons. The number of esters is 1. The van der Waals surface area contributed by atoms with Gasteiger partial charge >= 0.3 is 5.97 Å². The van der Waals surface area contributed by atoms with Crippen molar-refractivity contribution in [1.82, 2.24) is 5.32 Å². The van der Waals surface area contributed by atoms with Crippen LogP contribution >= 0.6 is 11.6 Å². The third kappa shape index (κ3) is 7.21. The predicted octanol–water partition coefficient (Wildman–Crippen LogP) is 5.68. The molecule has 0 atom stereocenters. The maximum atomic E-state index is 11.3. The fourth-order valence-corrected chi connectivity index (χ4v) is 3.16. The Hall–Kier alpha value is -2.33. The van der Waals surface area contributed by atoms with Crippen molar-refractivity contribution in [2.45, 2.75) is 60.0 Å². The zero-order valence-corrected chi connectivity index (χ0v) is 19.0. The topological polar surface area (TPSA) is 55.4 Å². The van der Waals surface area contributed by atoms with Gasteiger partial charge in [0.15, 0.2) is 0 Å². The largest absolute Gasteiger partial charge is 0.461 e. The second-order valence-corrected chi connectivity index (χ2v) is 7.90. The Morgan fingerprint density at radius 2 is 1.83 bits per heavy atom. The van der Waals surface area contributed by atoms with Gasteiger partial charge in [0, 0.05) is 24.1 Å². The molecule has 0 spiro atoms. The zero-order chi connectivity index (χ0) is 22.0. The van der Waals surface area contributed by atoms with E-state index in [0.29, 0.717) is 24.4 Å². The van der Waals surface area contributed by atoms with Gasteiger partial charge in [0.05, 0.1) is 0 Å². The third-order valence-corrected chi connectivity index (χ3v) is 4.78. The molecule has 4 nitrogen and oxygen atoms in total. The number of carbonyl (C=O) groups is 2. The van der Waals surface area contributed by atoms with Crippen LogP contribution in [-0.2, 0) is 32.8 Å². The summed E-state index contributed by atoms with van der Waals surface area (Å²) in [5.74, 6) is -0.348. The Balaban J connectivity index is 0.00000204. The molecule has 1 amide bonds. The molecule has 5 heteroatoms. The molecule has 2 rings (SSSR count). The fraction of sp³-hybridized carbons (Fsp3) is 0.417. The maximum Gasteiger partial charge on any atom is 0.302 e. The maximum absolute atomic E-state index is 11.3. The van der Waals surface area contributed by atoms with Crippen LogP contribution in [0.15, 0.2) is 36.4 Å². The number of benzene rings is 2. The lowest BCUT2D eigenvalue weighted by atomic mass is 9.83. The van der Waals surface area contributed by atoms with Gasteiger partial charge in [-0.15, -0.1) is 0 Å². The van der Waals surface area contributed by atoms with E-state index in [2.05, 4.69) is 44.3 Å². The number of amides is 1. The Bertz CT molecular complexity index is 825. The molecule has 1 N–H and O–H groups in total. The lowest BCUT2D eigenvalue weighted by molar-refractivity contribution is -0.142. The molecule has 158 valence electrons. The summed E-state index contributed by atoms with van der Waals surface area (Å²) >= 11 is 6.40. The summed E-state index contributed by atoms with van der Waals surface area (Å²) in [6.45, 7) is 12.6. The van der Waals surface area contributed by atoms with E-state index in [4.69, 9.17) is 16.3 Å². The number of halogens is 1. The molecular weight excluding hydrogens is 386 g/mol. The summed E-state index contributed by atoms with van der Waals surface area (Å²) in [5.41, 5.74) is 5.09. The van der Waals surface area contributed by atoms with Gasteiger partial charge in [-0.3, -0.25) is 9.59 Å². The molecule has 0 aliphatic heterocycles. The lowest BCUT2D eigenvalue weighted by Gasteiger charge is -2.22. The Kier molecular flexibility index (Phi) is 9.90. The average Bonchev–Trinajstić information content (AvgIpc) is 2.68. The summed E-state index contributed by atoms with van der Waals surface area (Å²) in [6.07, 6.45) is 1.40. The quantitative estimate of drug-likeness (QED) is 0.358. The van der Waals surface area contributed by atoms with Crippen LogP contribution in [0, 0.1) is 0 Å². The average molecular weight is 418 g/mol. The molecule has 2 aromatic carbocycles. The van der Waals surface area contributed by atoms with E-state index < -0.39 is 0 Å². The number of hydrogen-bond donors (Lipinski definition) is 1. The van der Waals surface area contributed by atoms with Crippen LogP contribution in [0.5, 0.6) is 0 Å². The van der Waals surface area contributed by atoms with Crippen LogP contribution in [0.2, 0.25) is 5.02 Å². The van der Waals surface area contributed by atoms with E-state index in [1.807, 2.05) is 26.0 Å². The Morgan fingerprint density at radius 3 is 2.41 bits per heavy atom. The van der Waals surface area contributed by atoms with E-state index in [-0.39, 0.29) is 18.0 Å². The molecule has 0 aliphatic carbocycles. The number of carbonyl (C=O) groups excluding carboxylic acids is 2. The van der Waals surface area contributed by atoms with Crippen LogP contribution in [0.4, 0.5) is 0 Å². The lowest BCUT2D eigenvalue weighted by Crippen LogP contribution is -2.16. The van der Waals surface area contributed by atoms with Crippen LogP contribution in [-0.4, -0.2) is 18.9 Å². The van der Waals surface area contributed by atoms with E-state index in [0.717, 1.165) is 22.3 Å². The molecular formula is C24H32ClNO3. The monoisotopic (exact) mass is 417 g/mol. The second kappa shape index (κ2) is 11.6. The van der Waals surface area contributed by atoms with E-state index in [1.165, 1.54) is 12.5 Å². The van der Waals surface area contributed by atoms with Crippen LogP contribution < -0.4 is 5.32 Å².